The summed E-state index contributed by atoms with van der Waals surface area (Å²) in [5.41, 5.74) is 10.6. The van der Waals surface area contributed by atoms with Crippen molar-refractivity contribution < 1.29 is 19.1 Å². The number of carbonyl (C=O) groups excluding carboxylic acids is 3. The summed E-state index contributed by atoms with van der Waals surface area (Å²) < 4.78 is 9.69. The maximum absolute atomic E-state index is 13.6. The van der Waals surface area contributed by atoms with Crippen molar-refractivity contribution in [3.8, 4) is 0 Å². The van der Waals surface area contributed by atoms with Crippen LogP contribution in [0.1, 0.15) is 64.7 Å². The Hall–Kier alpha value is -2.50. The van der Waals surface area contributed by atoms with Crippen LogP contribution in [-0.2, 0) is 9.53 Å². The number of nitrogens with two attached hydrogens (primary N) is 2. The van der Waals surface area contributed by atoms with Gasteiger partial charge in [0.05, 0.1) is 11.8 Å². The van der Waals surface area contributed by atoms with Gasteiger partial charge >= 0.3 is 0 Å². The lowest BCUT2D eigenvalue weighted by atomic mass is 10.1. The maximum Gasteiger partial charge on any atom is 0.270 e. The smallest absolute Gasteiger partial charge is 0.270 e. The van der Waals surface area contributed by atoms with Crippen LogP contribution in [0.2, 0.25) is 0 Å². The molecule has 1 saturated heterocycles. The van der Waals surface area contributed by atoms with E-state index in [4.69, 9.17) is 16.2 Å². The van der Waals surface area contributed by atoms with Gasteiger partial charge < -0.3 is 26.4 Å². The third kappa shape index (κ3) is 5.41. The molecule has 2 atom stereocenters. The molecule has 3 rings (SSSR count). The first-order chi connectivity index (χ1) is 14.6. The summed E-state index contributed by atoms with van der Waals surface area (Å²) in [5.74, 6) is -1.60. The third-order valence-corrected chi connectivity index (χ3v) is 6.49. The van der Waals surface area contributed by atoms with E-state index in [1.165, 1.54) is 16.2 Å². The van der Waals surface area contributed by atoms with E-state index in [-0.39, 0.29) is 34.8 Å². The zero-order chi connectivity index (χ0) is 22.8. The summed E-state index contributed by atoms with van der Waals surface area (Å²) >= 11 is 2.19. The molecule has 1 fully saturated rings. The number of primary amides is 1. The first kappa shape index (κ1) is 23.2. The number of amides is 3. The van der Waals surface area contributed by atoms with E-state index in [1.807, 2.05) is 38.3 Å². The fourth-order valence-electron chi connectivity index (χ4n) is 3.38. The van der Waals surface area contributed by atoms with Crippen molar-refractivity contribution in [1.82, 2.24) is 14.6 Å². The Bertz CT molecular complexity index is 945. The molecule has 0 aromatic carbocycles. The van der Waals surface area contributed by atoms with Gasteiger partial charge in [-0.1, -0.05) is 6.07 Å². The van der Waals surface area contributed by atoms with Gasteiger partial charge in [0.25, 0.3) is 11.8 Å². The molecule has 9 nitrogen and oxygen atoms in total. The molecule has 2 unspecified atom stereocenters. The van der Waals surface area contributed by atoms with Crippen molar-refractivity contribution in [2.24, 2.45) is 5.73 Å². The predicted molar refractivity (Wildman–Crippen MR) is 120 cm³/mol. The van der Waals surface area contributed by atoms with Crippen LogP contribution in [0.15, 0.2) is 17.5 Å². The second kappa shape index (κ2) is 9.33. The molecule has 11 heteroatoms. The topological polar surface area (TPSA) is 141 Å². The number of anilines is 1. The van der Waals surface area contributed by atoms with Crippen molar-refractivity contribution in [3.63, 3.8) is 0 Å². The molecule has 0 bridgehead atoms. The molecule has 168 valence electrons. The van der Waals surface area contributed by atoms with E-state index in [2.05, 4.69) is 9.69 Å². The van der Waals surface area contributed by atoms with Crippen molar-refractivity contribution in [1.29, 1.82) is 0 Å². The standard InChI is InChI=1S/C20H27N5O4S2/c1-20(2,3)23-18(27)15(12-7-5-9-30-12)25(10-11-6-4-8-29-11)19(28)16-13(21)14(17(22)26)24-31-16/h5,7,9,11,15H,4,6,8,10,21H2,1-3H3,(H2,22,26)(H,23,27). The van der Waals surface area contributed by atoms with Gasteiger partial charge in [0, 0.05) is 23.6 Å². The summed E-state index contributed by atoms with van der Waals surface area (Å²) in [6, 6.07) is 2.77. The van der Waals surface area contributed by atoms with E-state index >= 15 is 0 Å². The van der Waals surface area contributed by atoms with Crippen LogP contribution in [0.4, 0.5) is 5.69 Å². The number of hydrogen-bond donors (Lipinski definition) is 3. The second-order valence-corrected chi connectivity index (χ2v) is 10.1. The van der Waals surface area contributed by atoms with Gasteiger partial charge in [-0.15, -0.1) is 11.3 Å². The molecular formula is C20H27N5O4S2. The number of nitrogens with zero attached hydrogens (tertiary/aromatic N) is 2. The lowest BCUT2D eigenvalue weighted by Crippen LogP contribution is -2.50. The Morgan fingerprint density at radius 1 is 1.39 bits per heavy atom. The third-order valence-electron chi connectivity index (χ3n) is 4.71. The van der Waals surface area contributed by atoms with E-state index in [1.54, 1.807) is 0 Å². The van der Waals surface area contributed by atoms with Crippen LogP contribution in [0.25, 0.3) is 0 Å². The van der Waals surface area contributed by atoms with E-state index < -0.39 is 23.4 Å². The number of thiophene rings is 1. The lowest BCUT2D eigenvalue weighted by molar-refractivity contribution is -0.127. The van der Waals surface area contributed by atoms with Gasteiger partial charge in [-0.05, 0) is 56.6 Å². The summed E-state index contributed by atoms with van der Waals surface area (Å²) in [5, 5.41) is 4.83. The molecule has 2 aromatic heterocycles. The zero-order valence-electron chi connectivity index (χ0n) is 17.7. The molecule has 1 aliphatic heterocycles. The fraction of sp³-hybridized carbons (Fsp3) is 0.500. The molecule has 0 spiro atoms. The van der Waals surface area contributed by atoms with E-state index in [9.17, 15) is 14.4 Å². The number of nitrogens with one attached hydrogen (secondary N) is 1. The Morgan fingerprint density at radius 3 is 2.65 bits per heavy atom. The van der Waals surface area contributed by atoms with Gasteiger partial charge in [0.15, 0.2) is 5.69 Å². The number of rotatable bonds is 7. The summed E-state index contributed by atoms with van der Waals surface area (Å²) in [6.45, 7) is 6.45. The second-order valence-electron chi connectivity index (χ2n) is 8.39. The minimum Gasteiger partial charge on any atom is -0.395 e. The molecule has 0 aliphatic carbocycles. The highest BCUT2D eigenvalue weighted by molar-refractivity contribution is 7.10. The number of aromatic nitrogens is 1. The molecule has 2 aromatic rings. The van der Waals surface area contributed by atoms with Gasteiger partial charge in [-0.3, -0.25) is 14.4 Å². The van der Waals surface area contributed by atoms with Crippen LogP contribution in [0, 0.1) is 0 Å². The molecule has 3 heterocycles. The SMILES string of the molecule is CC(C)(C)NC(=O)C(c1cccs1)N(CC1CCCO1)C(=O)c1snc(C(N)=O)c1N. The largest absolute Gasteiger partial charge is 0.395 e. The van der Waals surface area contributed by atoms with Crippen LogP contribution >= 0.6 is 22.9 Å². The first-order valence-electron chi connectivity index (χ1n) is 9.91. The Balaban J connectivity index is 2.03. The fourth-order valence-corrected chi connectivity index (χ4v) is 4.98. The number of ether oxygens (including phenoxy) is 1. The predicted octanol–water partition coefficient (Wildman–Crippen LogP) is 2.16. The Labute approximate surface area is 188 Å². The molecule has 5 N–H and O–H groups in total. The molecule has 0 radical (unpaired) electrons. The number of carbonyl (C=O) groups is 3. The number of hydrogen-bond acceptors (Lipinski definition) is 8. The molecule has 3 amide bonds. The minimum absolute atomic E-state index is 0.0685. The average molecular weight is 466 g/mol. The molecular weight excluding hydrogens is 438 g/mol. The van der Waals surface area contributed by atoms with Gasteiger partial charge in [-0.25, -0.2) is 0 Å². The van der Waals surface area contributed by atoms with Crippen LogP contribution in [-0.4, -0.2) is 51.8 Å². The van der Waals surface area contributed by atoms with E-state index in [0.29, 0.717) is 11.5 Å². The summed E-state index contributed by atoms with van der Waals surface area (Å²) in [7, 11) is 0. The van der Waals surface area contributed by atoms with Gasteiger partial charge in [-0.2, -0.15) is 4.37 Å². The Kier molecular flexibility index (Phi) is 6.97. The summed E-state index contributed by atoms with van der Waals surface area (Å²) in [6.07, 6.45) is 1.48. The van der Waals surface area contributed by atoms with Crippen LogP contribution < -0.4 is 16.8 Å². The molecule has 31 heavy (non-hydrogen) atoms. The normalized spacial score (nSPS) is 17.3. The zero-order valence-corrected chi connectivity index (χ0v) is 19.3. The Morgan fingerprint density at radius 2 is 2.13 bits per heavy atom. The molecule has 1 aliphatic rings. The summed E-state index contributed by atoms with van der Waals surface area (Å²) in [4.78, 5) is 40.8. The van der Waals surface area contributed by atoms with Gasteiger partial charge in [0.1, 0.15) is 10.9 Å². The maximum atomic E-state index is 13.6. The lowest BCUT2D eigenvalue weighted by Gasteiger charge is -2.34. The van der Waals surface area contributed by atoms with Crippen LogP contribution in [0.3, 0.4) is 0 Å². The number of nitrogen functional groups attached to an aromatic ring is 1. The quantitative estimate of drug-likeness (QED) is 0.572. The minimum atomic E-state index is -0.880. The highest BCUT2D eigenvalue weighted by atomic mass is 32.1. The average Bonchev–Trinajstić information content (AvgIpc) is 3.41. The monoisotopic (exact) mass is 465 g/mol. The molecule has 0 saturated carbocycles. The van der Waals surface area contributed by atoms with Crippen molar-refractivity contribution in [2.45, 2.75) is 51.3 Å². The van der Waals surface area contributed by atoms with Gasteiger partial charge in [0.2, 0.25) is 5.91 Å². The van der Waals surface area contributed by atoms with Crippen molar-refractivity contribution >= 4 is 46.3 Å². The van der Waals surface area contributed by atoms with Crippen LogP contribution in [0.5, 0.6) is 0 Å². The van der Waals surface area contributed by atoms with Crippen molar-refractivity contribution in [3.05, 3.63) is 33.0 Å². The van der Waals surface area contributed by atoms with E-state index in [0.717, 1.165) is 24.4 Å². The highest BCUT2D eigenvalue weighted by Crippen LogP contribution is 2.32. The highest BCUT2D eigenvalue weighted by Gasteiger charge is 2.38. The van der Waals surface area contributed by atoms with Crippen molar-refractivity contribution in [2.75, 3.05) is 18.9 Å². The first-order valence-corrected chi connectivity index (χ1v) is 11.6.